The average Bonchev–Trinajstić information content (AvgIpc) is 3.04. The van der Waals surface area contributed by atoms with Crippen LogP contribution in [0.1, 0.15) is 15.9 Å². The second kappa shape index (κ2) is 5.76. The Hall–Kier alpha value is -3.23. The number of anilines is 1. The quantitative estimate of drug-likeness (QED) is 0.585. The number of carbonyl (C=O) groups excluding carboxylic acids is 1. The first-order valence-corrected chi connectivity index (χ1v) is 8.16. The van der Waals surface area contributed by atoms with Crippen molar-refractivity contribution in [2.24, 2.45) is 0 Å². The molecule has 0 radical (unpaired) electrons. The summed E-state index contributed by atoms with van der Waals surface area (Å²) in [4.78, 5) is 16.9. The number of nitriles is 1. The minimum atomic E-state index is -0.268. The number of hydrogen-bond acceptors (Lipinski definition) is 4. The van der Waals surface area contributed by atoms with Crippen LogP contribution in [0.25, 0.3) is 21.0 Å². The van der Waals surface area contributed by atoms with Crippen LogP contribution in [-0.2, 0) is 0 Å². The Morgan fingerprint density at radius 3 is 2.83 bits per heavy atom. The number of nitrogens with one attached hydrogen (secondary N) is 1. The third-order valence-electron chi connectivity index (χ3n) is 3.76. The molecule has 4 aromatic rings. The Morgan fingerprint density at radius 1 is 1.08 bits per heavy atom. The molecule has 114 valence electrons. The third kappa shape index (κ3) is 2.49. The zero-order valence-electron chi connectivity index (χ0n) is 12.5. The summed E-state index contributed by atoms with van der Waals surface area (Å²) in [6, 6.07) is 20.8. The fraction of sp³-hybridized carbons (Fsp3) is 0. The van der Waals surface area contributed by atoms with Crippen molar-refractivity contribution in [1.29, 1.82) is 5.26 Å². The van der Waals surface area contributed by atoms with Gasteiger partial charge < -0.3 is 0 Å². The highest BCUT2D eigenvalue weighted by Gasteiger charge is 2.12. The van der Waals surface area contributed by atoms with Crippen molar-refractivity contribution in [2.75, 3.05) is 5.32 Å². The van der Waals surface area contributed by atoms with Gasteiger partial charge in [-0.1, -0.05) is 47.7 Å². The van der Waals surface area contributed by atoms with Crippen LogP contribution in [0, 0.1) is 11.3 Å². The Kier molecular flexibility index (Phi) is 3.45. The zero-order chi connectivity index (χ0) is 16.5. The number of rotatable bonds is 2. The van der Waals surface area contributed by atoms with Gasteiger partial charge in [0, 0.05) is 10.9 Å². The van der Waals surface area contributed by atoms with E-state index in [4.69, 9.17) is 5.26 Å². The number of hydrogen-bond donors (Lipinski definition) is 1. The van der Waals surface area contributed by atoms with E-state index in [9.17, 15) is 4.79 Å². The number of nitrogens with zero attached hydrogens (tertiary/aromatic N) is 2. The second-order valence-corrected chi connectivity index (χ2v) is 6.33. The minimum absolute atomic E-state index is 0.268. The molecule has 0 atom stereocenters. The highest BCUT2D eigenvalue weighted by Crippen LogP contribution is 2.31. The van der Waals surface area contributed by atoms with Gasteiger partial charge in [-0.3, -0.25) is 10.1 Å². The molecular weight excluding hydrogens is 318 g/mol. The molecule has 24 heavy (non-hydrogen) atoms. The number of fused-ring (bicyclic) bond motifs is 3. The summed E-state index contributed by atoms with van der Waals surface area (Å²) in [7, 11) is 0. The predicted molar refractivity (Wildman–Crippen MR) is 96.2 cm³/mol. The molecule has 5 heteroatoms. The van der Waals surface area contributed by atoms with Crippen LogP contribution < -0.4 is 5.32 Å². The van der Waals surface area contributed by atoms with Gasteiger partial charge in [-0.2, -0.15) is 5.26 Å². The number of amides is 1. The fourth-order valence-corrected chi connectivity index (χ4v) is 3.49. The van der Waals surface area contributed by atoms with Crippen molar-refractivity contribution in [2.45, 2.75) is 0 Å². The van der Waals surface area contributed by atoms with Gasteiger partial charge in [0.15, 0.2) is 5.13 Å². The van der Waals surface area contributed by atoms with E-state index >= 15 is 0 Å². The smallest absolute Gasteiger partial charge is 0.257 e. The summed E-state index contributed by atoms with van der Waals surface area (Å²) >= 11 is 1.44. The summed E-state index contributed by atoms with van der Waals surface area (Å²) < 4.78 is 1.02. The summed E-state index contributed by atoms with van der Waals surface area (Å²) in [6.07, 6.45) is 0. The molecule has 4 rings (SSSR count). The maximum absolute atomic E-state index is 12.4. The minimum Gasteiger partial charge on any atom is -0.298 e. The monoisotopic (exact) mass is 329 g/mol. The highest BCUT2D eigenvalue weighted by molar-refractivity contribution is 7.22. The van der Waals surface area contributed by atoms with Crippen LogP contribution in [-0.4, -0.2) is 10.9 Å². The molecule has 0 unspecified atom stereocenters. The highest BCUT2D eigenvalue weighted by atomic mass is 32.1. The van der Waals surface area contributed by atoms with E-state index < -0.39 is 0 Å². The molecule has 1 heterocycles. The summed E-state index contributed by atoms with van der Waals surface area (Å²) in [5.74, 6) is -0.268. The molecule has 1 amide bonds. The van der Waals surface area contributed by atoms with Gasteiger partial charge in [-0.25, -0.2) is 4.98 Å². The SMILES string of the molecule is N#Cc1cccc(C(=O)Nc2nc3c(ccc4ccccc43)s2)c1. The topological polar surface area (TPSA) is 65.8 Å². The van der Waals surface area contributed by atoms with E-state index in [1.54, 1.807) is 24.3 Å². The first-order valence-electron chi connectivity index (χ1n) is 7.34. The van der Waals surface area contributed by atoms with Gasteiger partial charge in [0.05, 0.1) is 21.8 Å². The van der Waals surface area contributed by atoms with Crippen molar-refractivity contribution < 1.29 is 4.79 Å². The maximum Gasteiger partial charge on any atom is 0.257 e. The van der Waals surface area contributed by atoms with E-state index in [1.165, 1.54) is 11.3 Å². The summed E-state index contributed by atoms with van der Waals surface area (Å²) in [6.45, 7) is 0. The second-order valence-electron chi connectivity index (χ2n) is 5.30. The lowest BCUT2D eigenvalue weighted by Crippen LogP contribution is -2.11. The number of thiazole rings is 1. The third-order valence-corrected chi connectivity index (χ3v) is 4.69. The molecule has 1 N–H and O–H groups in total. The van der Waals surface area contributed by atoms with Crippen LogP contribution in [0.2, 0.25) is 0 Å². The van der Waals surface area contributed by atoms with Gasteiger partial charge >= 0.3 is 0 Å². The van der Waals surface area contributed by atoms with E-state index in [1.807, 2.05) is 36.4 Å². The number of carbonyl (C=O) groups is 1. The van der Waals surface area contributed by atoms with Crippen LogP contribution in [0.15, 0.2) is 60.7 Å². The standard InChI is InChI=1S/C19H11N3OS/c20-11-12-4-3-6-14(10-12)18(23)22-19-21-17-15-7-2-1-5-13(15)8-9-16(17)24-19/h1-10H,(H,21,22,23). The Morgan fingerprint density at radius 2 is 1.96 bits per heavy atom. The lowest BCUT2D eigenvalue weighted by atomic mass is 10.1. The normalized spacial score (nSPS) is 10.6. The Labute approximate surface area is 142 Å². The molecule has 0 aliphatic rings. The van der Waals surface area contributed by atoms with Gasteiger partial charge in [0.25, 0.3) is 5.91 Å². The molecule has 1 aromatic heterocycles. The molecule has 3 aromatic carbocycles. The van der Waals surface area contributed by atoms with Gasteiger partial charge in [-0.15, -0.1) is 0 Å². The van der Waals surface area contributed by atoms with Gasteiger partial charge in [0.2, 0.25) is 0 Å². The zero-order valence-corrected chi connectivity index (χ0v) is 13.3. The largest absolute Gasteiger partial charge is 0.298 e. The lowest BCUT2D eigenvalue weighted by Gasteiger charge is -2.01. The first-order chi connectivity index (χ1) is 11.7. The van der Waals surface area contributed by atoms with E-state index in [2.05, 4.69) is 16.4 Å². The van der Waals surface area contributed by atoms with Crippen molar-refractivity contribution in [3.05, 3.63) is 71.8 Å². The summed E-state index contributed by atoms with van der Waals surface area (Å²) in [5.41, 5.74) is 1.79. The van der Waals surface area contributed by atoms with Crippen molar-refractivity contribution >= 4 is 43.4 Å². The Balaban J connectivity index is 1.71. The molecule has 0 spiro atoms. The number of aromatic nitrogens is 1. The maximum atomic E-state index is 12.4. The van der Waals surface area contributed by atoms with Crippen molar-refractivity contribution in [3.63, 3.8) is 0 Å². The molecule has 0 saturated heterocycles. The Bertz CT molecular complexity index is 1120. The van der Waals surface area contributed by atoms with Gasteiger partial charge in [0.1, 0.15) is 0 Å². The number of benzene rings is 3. The van der Waals surface area contributed by atoms with Crippen molar-refractivity contribution in [3.8, 4) is 6.07 Å². The molecule has 0 saturated carbocycles. The van der Waals surface area contributed by atoms with Crippen molar-refractivity contribution in [1.82, 2.24) is 4.98 Å². The molecule has 0 aliphatic heterocycles. The predicted octanol–water partition coefficient (Wildman–Crippen LogP) is 4.57. The average molecular weight is 329 g/mol. The van der Waals surface area contributed by atoms with E-state index in [-0.39, 0.29) is 5.91 Å². The van der Waals surface area contributed by atoms with Crippen LogP contribution >= 0.6 is 11.3 Å². The van der Waals surface area contributed by atoms with Gasteiger partial charge in [-0.05, 0) is 29.7 Å². The van der Waals surface area contributed by atoms with Crippen LogP contribution in [0.5, 0.6) is 0 Å². The van der Waals surface area contributed by atoms with E-state index in [0.29, 0.717) is 16.3 Å². The van der Waals surface area contributed by atoms with Crippen LogP contribution in [0.4, 0.5) is 5.13 Å². The lowest BCUT2D eigenvalue weighted by molar-refractivity contribution is 0.102. The van der Waals surface area contributed by atoms with Crippen LogP contribution in [0.3, 0.4) is 0 Å². The molecule has 0 bridgehead atoms. The molecule has 4 nitrogen and oxygen atoms in total. The fourth-order valence-electron chi connectivity index (χ4n) is 2.61. The molecule has 0 fully saturated rings. The summed E-state index contributed by atoms with van der Waals surface area (Å²) in [5, 5.41) is 14.5. The first kappa shape index (κ1) is 14.4. The molecule has 0 aliphatic carbocycles. The molecular formula is C19H11N3OS. The van der Waals surface area contributed by atoms with E-state index in [0.717, 1.165) is 21.0 Å².